The van der Waals surface area contributed by atoms with Crippen LogP contribution in [0.5, 0.6) is 5.75 Å². The van der Waals surface area contributed by atoms with Gasteiger partial charge >= 0.3 is 5.97 Å². The van der Waals surface area contributed by atoms with Gasteiger partial charge < -0.3 is 19.3 Å². The third-order valence-electron chi connectivity index (χ3n) is 3.57. The molecular formula is C15H17N3O3. The Morgan fingerprint density at radius 3 is 3.10 bits per heavy atom. The minimum absolute atomic E-state index is 0.0332. The third-order valence-corrected chi connectivity index (χ3v) is 3.57. The number of ether oxygens (including phenoxy) is 1. The van der Waals surface area contributed by atoms with Gasteiger partial charge in [-0.2, -0.15) is 0 Å². The molecule has 1 aliphatic rings. The van der Waals surface area contributed by atoms with E-state index in [2.05, 4.69) is 4.98 Å². The van der Waals surface area contributed by atoms with Gasteiger partial charge in [0.1, 0.15) is 18.9 Å². The van der Waals surface area contributed by atoms with Crippen LogP contribution in [-0.2, 0) is 17.8 Å². The van der Waals surface area contributed by atoms with E-state index in [0.717, 1.165) is 36.5 Å². The quantitative estimate of drug-likeness (QED) is 0.870. The van der Waals surface area contributed by atoms with Crippen LogP contribution in [0.2, 0.25) is 0 Å². The summed E-state index contributed by atoms with van der Waals surface area (Å²) in [6.07, 6.45) is 6.22. The number of rotatable bonds is 6. The van der Waals surface area contributed by atoms with Crippen LogP contribution in [-0.4, -0.2) is 40.3 Å². The number of hydrogen-bond acceptors (Lipinski definition) is 4. The van der Waals surface area contributed by atoms with E-state index in [-0.39, 0.29) is 6.54 Å². The summed E-state index contributed by atoms with van der Waals surface area (Å²) in [6.45, 7) is 2.06. The van der Waals surface area contributed by atoms with Crippen molar-refractivity contribution >= 4 is 11.7 Å². The van der Waals surface area contributed by atoms with Gasteiger partial charge in [0, 0.05) is 30.2 Å². The molecule has 0 unspecified atom stereocenters. The SMILES string of the molecule is O=C(O)CN1CCc2c(OCCn3ccnc3)cccc21. The maximum atomic E-state index is 10.9. The van der Waals surface area contributed by atoms with E-state index in [9.17, 15) is 4.79 Å². The number of benzene rings is 1. The van der Waals surface area contributed by atoms with E-state index in [0.29, 0.717) is 6.61 Å². The zero-order valence-electron chi connectivity index (χ0n) is 11.6. The molecule has 110 valence electrons. The van der Waals surface area contributed by atoms with Crippen LogP contribution in [0.3, 0.4) is 0 Å². The highest BCUT2D eigenvalue weighted by atomic mass is 16.5. The lowest BCUT2D eigenvalue weighted by molar-refractivity contribution is -0.135. The van der Waals surface area contributed by atoms with Gasteiger partial charge in [0.15, 0.2) is 0 Å². The van der Waals surface area contributed by atoms with Gasteiger partial charge in [-0.15, -0.1) is 0 Å². The van der Waals surface area contributed by atoms with Gasteiger partial charge in [-0.25, -0.2) is 4.98 Å². The van der Waals surface area contributed by atoms with Crippen LogP contribution in [0.4, 0.5) is 5.69 Å². The summed E-state index contributed by atoms with van der Waals surface area (Å²) in [5.74, 6) is 0.0368. The van der Waals surface area contributed by atoms with Crippen LogP contribution in [0.15, 0.2) is 36.9 Å². The predicted octanol–water partition coefficient (Wildman–Crippen LogP) is 1.41. The van der Waals surface area contributed by atoms with Crippen LogP contribution >= 0.6 is 0 Å². The second-order valence-corrected chi connectivity index (χ2v) is 4.97. The molecule has 1 aromatic heterocycles. The predicted molar refractivity (Wildman–Crippen MR) is 77.7 cm³/mol. The van der Waals surface area contributed by atoms with E-state index in [4.69, 9.17) is 9.84 Å². The molecule has 1 aliphatic heterocycles. The molecule has 0 amide bonds. The van der Waals surface area contributed by atoms with E-state index >= 15 is 0 Å². The Morgan fingerprint density at radius 1 is 1.43 bits per heavy atom. The zero-order valence-corrected chi connectivity index (χ0v) is 11.6. The lowest BCUT2D eigenvalue weighted by Gasteiger charge is -2.17. The number of aliphatic carboxylic acids is 1. The monoisotopic (exact) mass is 287 g/mol. The highest BCUT2D eigenvalue weighted by molar-refractivity contribution is 5.76. The molecule has 0 saturated carbocycles. The zero-order chi connectivity index (χ0) is 14.7. The highest BCUT2D eigenvalue weighted by Gasteiger charge is 2.23. The summed E-state index contributed by atoms with van der Waals surface area (Å²) < 4.78 is 7.81. The van der Waals surface area contributed by atoms with Crippen molar-refractivity contribution in [2.45, 2.75) is 13.0 Å². The average Bonchev–Trinajstić information content (AvgIpc) is 3.09. The van der Waals surface area contributed by atoms with Crippen LogP contribution < -0.4 is 9.64 Å². The van der Waals surface area contributed by atoms with Gasteiger partial charge in [0.05, 0.1) is 12.9 Å². The van der Waals surface area contributed by atoms with Gasteiger partial charge in [-0.05, 0) is 18.6 Å². The van der Waals surface area contributed by atoms with Crippen molar-refractivity contribution in [3.8, 4) is 5.75 Å². The second kappa shape index (κ2) is 5.87. The molecular weight excluding hydrogens is 270 g/mol. The number of fused-ring (bicyclic) bond motifs is 1. The van der Waals surface area contributed by atoms with Crippen molar-refractivity contribution in [2.24, 2.45) is 0 Å². The van der Waals surface area contributed by atoms with Crippen molar-refractivity contribution < 1.29 is 14.6 Å². The van der Waals surface area contributed by atoms with E-state index in [1.54, 1.807) is 12.5 Å². The second-order valence-electron chi connectivity index (χ2n) is 4.97. The number of imidazole rings is 1. The largest absolute Gasteiger partial charge is 0.491 e. The number of anilines is 1. The Bertz CT molecular complexity index is 625. The Balaban J connectivity index is 1.67. The number of carbonyl (C=O) groups is 1. The molecule has 0 aliphatic carbocycles. The fourth-order valence-corrected chi connectivity index (χ4v) is 2.61. The topological polar surface area (TPSA) is 67.6 Å². The molecule has 2 aromatic rings. The number of carboxylic acid groups (broad SMARTS) is 1. The Morgan fingerprint density at radius 2 is 2.33 bits per heavy atom. The first-order valence-electron chi connectivity index (χ1n) is 6.91. The normalized spacial score (nSPS) is 13.2. The Hall–Kier alpha value is -2.50. The third kappa shape index (κ3) is 2.99. The fraction of sp³-hybridized carbons (Fsp3) is 0.333. The average molecular weight is 287 g/mol. The molecule has 0 bridgehead atoms. The van der Waals surface area contributed by atoms with Crippen LogP contribution in [0, 0.1) is 0 Å². The standard InChI is InChI=1S/C15H17N3O3/c19-15(20)10-18-6-4-12-13(18)2-1-3-14(12)21-9-8-17-7-5-16-11-17/h1-3,5,7,11H,4,6,8-10H2,(H,19,20). The highest BCUT2D eigenvalue weighted by Crippen LogP contribution is 2.34. The van der Waals surface area contributed by atoms with Crippen molar-refractivity contribution in [2.75, 3.05) is 24.6 Å². The first kappa shape index (κ1) is 13.5. The molecule has 0 spiro atoms. The minimum Gasteiger partial charge on any atom is -0.491 e. The maximum Gasteiger partial charge on any atom is 0.323 e. The Labute approximate surface area is 122 Å². The maximum absolute atomic E-state index is 10.9. The molecule has 0 radical (unpaired) electrons. The number of hydrogen-bond donors (Lipinski definition) is 1. The van der Waals surface area contributed by atoms with E-state index < -0.39 is 5.97 Å². The van der Waals surface area contributed by atoms with Gasteiger partial charge in [0.25, 0.3) is 0 Å². The van der Waals surface area contributed by atoms with E-state index in [1.165, 1.54) is 0 Å². The lowest BCUT2D eigenvalue weighted by Crippen LogP contribution is -2.27. The van der Waals surface area contributed by atoms with Crippen molar-refractivity contribution in [1.29, 1.82) is 0 Å². The minimum atomic E-state index is -0.811. The van der Waals surface area contributed by atoms with Gasteiger partial charge in [0.2, 0.25) is 0 Å². The van der Waals surface area contributed by atoms with Gasteiger partial charge in [-0.1, -0.05) is 6.07 Å². The molecule has 6 heteroatoms. The molecule has 1 aromatic carbocycles. The first-order valence-corrected chi connectivity index (χ1v) is 6.91. The smallest absolute Gasteiger partial charge is 0.323 e. The molecule has 0 atom stereocenters. The van der Waals surface area contributed by atoms with Crippen molar-refractivity contribution in [3.05, 3.63) is 42.5 Å². The summed E-state index contributed by atoms with van der Waals surface area (Å²) in [7, 11) is 0. The molecule has 21 heavy (non-hydrogen) atoms. The van der Waals surface area contributed by atoms with Gasteiger partial charge in [-0.3, -0.25) is 4.79 Å². The summed E-state index contributed by atoms with van der Waals surface area (Å²) >= 11 is 0. The summed E-state index contributed by atoms with van der Waals surface area (Å²) in [6, 6.07) is 5.80. The number of carboxylic acids is 1. The molecule has 0 saturated heterocycles. The van der Waals surface area contributed by atoms with Crippen molar-refractivity contribution in [3.63, 3.8) is 0 Å². The van der Waals surface area contributed by atoms with Crippen molar-refractivity contribution in [1.82, 2.24) is 9.55 Å². The Kier molecular flexibility index (Phi) is 3.77. The lowest BCUT2D eigenvalue weighted by atomic mass is 10.1. The van der Waals surface area contributed by atoms with Crippen LogP contribution in [0.25, 0.3) is 0 Å². The fourth-order valence-electron chi connectivity index (χ4n) is 2.61. The molecule has 0 fully saturated rings. The summed E-state index contributed by atoms with van der Waals surface area (Å²) in [4.78, 5) is 16.7. The summed E-state index contributed by atoms with van der Waals surface area (Å²) in [5, 5.41) is 8.93. The molecule has 2 heterocycles. The molecule has 6 nitrogen and oxygen atoms in total. The molecule has 1 N–H and O–H groups in total. The first-order chi connectivity index (χ1) is 10.2. The number of nitrogens with zero attached hydrogens (tertiary/aromatic N) is 3. The molecule has 3 rings (SSSR count). The van der Waals surface area contributed by atoms with E-state index in [1.807, 2.05) is 33.9 Å². The van der Waals surface area contributed by atoms with Crippen LogP contribution in [0.1, 0.15) is 5.56 Å². The number of aromatic nitrogens is 2. The summed E-state index contributed by atoms with van der Waals surface area (Å²) in [5.41, 5.74) is 2.07.